The highest BCUT2D eigenvalue weighted by Crippen LogP contribution is 2.20. The smallest absolute Gasteiger partial charge is 0.166 e. The molecule has 0 aliphatic rings. The molecule has 0 fully saturated rings. The number of quaternary nitrogens is 1. The quantitative estimate of drug-likeness (QED) is 0.548. The topological polar surface area (TPSA) is 28.5 Å². The highest BCUT2D eigenvalue weighted by atomic mass is 35.5. The molecule has 0 heterocycles. The molecule has 0 unspecified atom stereocenters. The van der Waals surface area contributed by atoms with Crippen LogP contribution in [0.3, 0.4) is 0 Å². The summed E-state index contributed by atoms with van der Waals surface area (Å²) < 4.78 is 0. The highest BCUT2D eigenvalue weighted by Gasteiger charge is 2.02. The largest absolute Gasteiger partial charge is 0.363 e. The van der Waals surface area contributed by atoms with Crippen LogP contribution in [0.5, 0.6) is 0 Å². The van der Waals surface area contributed by atoms with Gasteiger partial charge in [0.2, 0.25) is 0 Å². The summed E-state index contributed by atoms with van der Waals surface area (Å²) in [4.78, 5) is 1.44. The van der Waals surface area contributed by atoms with Gasteiger partial charge in [0.15, 0.2) is 5.11 Å². The summed E-state index contributed by atoms with van der Waals surface area (Å²) >= 11 is 17.1. The molecule has 106 valence electrons. The van der Waals surface area contributed by atoms with Crippen LogP contribution in [0.1, 0.15) is 12.0 Å². The fraction of sp³-hybridized carbons (Fsp3) is 0.462. The van der Waals surface area contributed by atoms with E-state index >= 15 is 0 Å². The van der Waals surface area contributed by atoms with Crippen molar-refractivity contribution < 1.29 is 4.90 Å². The molecule has 19 heavy (non-hydrogen) atoms. The van der Waals surface area contributed by atoms with Gasteiger partial charge in [-0.2, -0.15) is 0 Å². The first kappa shape index (κ1) is 16.5. The molecule has 1 aromatic carbocycles. The minimum atomic E-state index is 0.598. The average Bonchev–Trinajstić information content (AvgIpc) is 2.33. The molecule has 1 rings (SSSR count). The Morgan fingerprint density at radius 2 is 2.00 bits per heavy atom. The van der Waals surface area contributed by atoms with E-state index in [9.17, 15) is 0 Å². The number of halogens is 2. The van der Waals surface area contributed by atoms with Crippen molar-refractivity contribution in [3.8, 4) is 0 Å². The van der Waals surface area contributed by atoms with Crippen molar-refractivity contribution in [2.45, 2.75) is 13.0 Å². The molecule has 0 bridgehead atoms. The highest BCUT2D eigenvalue weighted by molar-refractivity contribution is 7.80. The van der Waals surface area contributed by atoms with Crippen molar-refractivity contribution in [2.24, 2.45) is 0 Å². The number of thiocarbonyl (C=S) groups is 1. The van der Waals surface area contributed by atoms with Gasteiger partial charge in [-0.15, -0.1) is 0 Å². The van der Waals surface area contributed by atoms with Crippen molar-refractivity contribution in [1.29, 1.82) is 0 Å². The third-order valence-electron chi connectivity index (χ3n) is 2.59. The predicted molar refractivity (Wildman–Crippen MR) is 86.2 cm³/mol. The third kappa shape index (κ3) is 6.97. The zero-order valence-corrected chi connectivity index (χ0v) is 13.6. The second-order valence-electron chi connectivity index (χ2n) is 4.66. The van der Waals surface area contributed by atoms with Crippen LogP contribution in [-0.2, 0) is 6.54 Å². The monoisotopic (exact) mass is 320 g/mol. The molecule has 0 spiro atoms. The van der Waals surface area contributed by atoms with Gasteiger partial charge >= 0.3 is 0 Å². The minimum Gasteiger partial charge on any atom is -0.363 e. The Morgan fingerprint density at radius 3 is 2.63 bits per heavy atom. The van der Waals surface area contributed by atoms with Crippen molar-refractivity contribution in [2.75, 3.05) is 27.2 Å². The van der Waals surface area contributed by atoms with E-state index < -0.39 is 0 Å². The minimum absolute atomic E-state index is 0.598. The molecule has 0 atom stereocenters. The van der Waals surface area contributed by atoms with Gasteiger partial charge in [0.1, 0.15) is 0 Å². The zero-order chi connectivity index (χ0) is 14.3. The molecule has 6 heteroatoms. The van der Waals surface area contributed by atoms with Crippen molar-refractivity contribution in [3.05, 3.63) is 33.8 Å². The summed E-state index contributed by atoms with van der Waals surface area (Å²) in [5.41, 5.74) is 0.980. The Hall–Kier alpha value is -0.550. The van der Waals surface area contributed by atoms with E-state index in [1.54, 1.807) is 6.07 Å². The van der Waals surface area contributed by atoms with Crippen LogP contribution in [0.4, 0.5) is 0 Å². The average molecular weight is 321 g/mol. The first-order valence-electron chi connectivity index (χ1n) is 6.23. The van der Waals surface area contributed by atoms with Gasteiger partial charge in [-0.3, -0.25) is 0 Å². The van der Waals surface area contributed by atoms with E-state index in [0.717, 1.165) is 25.1 Å². The number of hydrogen-bond acceptors (Lipinski definition) is 1. The first-order valence-corrected chi connectivity index (χ1v) is 7.40. The van der Waals surface area contributed by atoms with Crippen LogP contribution in [0.2, 0.25) is 10.0 Å². The van der Waals surface area contributed by atoms with Crippen LogP contribution in [0.25, 0.3) is 0 Å². The lowest BCUT2D eigenvalue weighted by molar-refractivity contribution is -0.858. The number of benzene rings is 1. The lowest BCUT2D eigenvalue weighted by Crippen LogP contribution is -3.05. The van der Waals surface area contributed by atoms with Gasteiger partial charge in [0, 0.05) is 29.6 Å². The van der Waals surface area contributed by atoms with E-state index in [2.05, 4.69) is 24.7 Å². The zero-order valence-electron chi connectivity index (χ0n) is 11.2. The van der Waals surface area contributed by atoms with Gasteiger partial charge in [-0.05, 0) is 29.9 Å². The number of hydrogen-bond donors (Lipinski definition) is 3. The maximum absolute atomic E-state index is 6.08. The van der Waals surface area contributed by atoms with Crippen LogP contribution in [0, 0.1) is 0 Å². The Labute approximate surface area is 130 Å². The molecule has 1 aromatic rings. The Balaban J connectivity index is 2.26. The van der Waals surface area contributed by atoms with Crippen molar-refractivity contribution >= 4 is 40.5 Å². The maximum atomic E-state index is 6.08. The molecule has 3 nitrogen and oxygen atoms in total. The maximum Gasteiger partial charge on any atom is 0.166 e. The third-order valence-corrected chi connectivity index (χ3v) is 3.47. The van der Waals surface area contributed by atoms with E-state index in [0.29, 0.717) is 21.7 Å². The summed E-state index contributed by atoms with van der Waals surface area (Å²) in [5, 5.41) is 8.25. The van der Waals surface area contributed by atoms with E-state index in [1.807, 2.05) is 12.1 Å². The fourth-order valence-corrected chi connectivity index (χ4v) is 2.20. The fourth-order valence-electron chi connectivity index (χ4n) is 1.55. The number of rotatable bonds is 6. The van der Waals surface area contributed by atoms with Crippen LogP contribution >= 0.6 is 35.4 Å². The molecule has 0 saturated heterocycles. The normalized spacial score (nSPS) is 10.6. The second kappa shape index (κ2) is 8.59. The molecule has 0 aliphatic heterocycles. The predicted octanol–water partition coefficient (Wildman–Crippen LogP) is 1.49. The lowest BCUT2D eigenvalue weighted by Gasteiger charge is -2.12. The standard InChI is InChI=1S/C13H19Cl2N3S/c1-18(2)7-3-6-16-13(19)17-9-10-4-5-11(14)8-12(10)15/h4-5,8H,3,6-7,9H2,1-2H3,(H2,16,17,19)/p+1. The molecule has 0 amide bonds. The Kier molecular flexibility index (Phi) is 7.46. The van der Waals surface area contributed by atoms with Gasteiger partial charge in [0.25, 0.3) is 0 Å². The molecular weight excluding hydrogens is 301 g/mol. The van der Waals surface area contributed by atoms with E-state index in [1.165, 1.54) is 4.90 Å². The van der Waals surface area contributed by atoms with Gasteiger partial charge in [-0.25, -0.2) is 0 Å². The lowest BCUT2D eigenvalue weighted by atomic mass is 10.2. The number of nitrogens with one attached hydrogen (secondary N) is 3. The van der Waals surface area contributed by atoms with Crippen LogP contribution < -0.4 is 15.5 Å². The van der Waals surface area contributed by atoms with E-state index in [-0.39, 0.29) is 0 Å². The summed E-state index contributed by atoms with van der Waals surface area (Å²) in [6.07, 6.45) is 1.09. The second-order valence-corrected chi connectivity index (χ2v) is 5.91. The summed E-state index contributed by atoms with van der Waals surface area (Å²) in [7, 11) is 4.28. The molecule has 0 saturated carbocycles. The SMILES string of the molecule is C[NH+](C)CCCNC(=S)NCc1ccc(Cl)cc1Cl. The first-order chi connectivity index (χ1) is 8.99. The van der Waals surface area contributed by atoms with Crippen molar-refractivity contribution in [1.82, 2.24) is 10.6 Å². The van der Waals surface area contributed by atoms with Gasteiger partial charge in [-0.1, -0.05) is 29.3 Å². The molecular formula is C13H20Cl2N3S+. The molecule has 0 radical (unpaired) electrons. The molecule has 0 aromatic heterocycles. The molecule has 0 aliphatic carbocycles. The Bertz CT molecular complexity index is 424. The molecule has 3 N–H and O–H groups in total. The van der Waals surface area contributed by atoms with Crippen molar-refractivity contribution in [3.63, 3.8) is 0 Å². The van der Waals surface area contributed by atoms with Gasteiger partial charge < -0.3 is 15.5 Å². The Morgan fingerprint density at radius 1 is 1.26 bits per heavy atom. The summed E-state index contributed by atoms with van der Waals surface area (Å²) in [5.74, 6) is 0. The van der Waals surface area contributed by atoms with Gasteiger partial charge in [0.05, 0.1) is 20.6 Å². The van der Waals surface area contributed by atoms with Crippen LogP contribution in [-0.4, -0.2) is 32.3 Å². The van der Waals surface area contributed by atoms with E-state index in [4.69, 9.17) is 35.4 Å². The van der Waals surface area contributed by atoms with Crippen LogP contribution in [0.15, 0.2) is 18.2 Å². The summed E-state index contributed by atoms with van der Waals surface area (Å²) in [6, 6.07) is 5.45. The summed E-state index contributed by atoms with van der Waals surface area (Å²) in [6.45, 7) is 2.60.